The Kier molecular flexibility index (Phi) is 5.63. The van der Waals surface area contributed by atoms with E-state index < -0.39 is 0 Å². The van der Waals surface area contributed by atoms with Gasteiger partial charge in [-0.3, -0.25) is 14.6 Å². The number of benzene rings is 1. The van der Waals surface area contributed by atoms with Crippen LogP contribution in [0.2, 0.25) is 0 Å². The predicted octanol–water partition coefficient (Wildman–Crippen LogP) is 5.71. The van der Waals surface area contributed by atoms with E-state index in [0.717, 1.165) is 52.4 Å². The molecule has 3 aromatic rings. The largest absolute Gasteiger partial charge is 0.356 e. The van der Waals surface area contributed by atoms with Crippen molar-refractivity contribution in [1.82, 2.24) is 9.97 Å². The molecule has 2 heterocycles. The van der Waals surface area contributed by atoms with Gasteiger partial charge < -0.3 is 15.6 Å². The van der Waals surface area contributed by atoms with Crippen molar-refractivity contribution >= 4 is 28.8 Å². The third kappa shape index (κ3) is 4.53. The van der Waals surface area contributed by atoms with Crippen molar-refractivity contribution in [3.8, 4) is 11.3 Å². The lowest BCUT2D eigenvalue weighted by Gasteiger charge is -2.28. The fourth-order valence-electron chi connectivity index (χ4n) is 4.19. The Morgan fingerprint density at radius 1 is 1.13 bits per heavy atom. The number of ketones is 1. The van der Waals surface area contributed by atoms with E-state index in [1.807, 2.05) is 43.3 Å². The summed E-state index contributed by atoms with van der Waals surface area (Å²) in [6.45, 7) is 6.22. The van der Waals surface area contributed by atoms with E-state index in [1.165, 1.54) is 0 Å². The quantitative estimate of drug-likeness (QED) is 0.480. The lowest BCUT2D eigenvalue weighted by Crippen LogP contribution is -2.26. The maximum atomic E-state index is 13.1. The fraction of sp³-hybridized carbons (Fsp3) is 0.320. The highest BCUT2D eigenvalue weighted by Crippen LogP contribution is 2.43. The van der Waals surface area contributed by atoms with Crippen LogP contribution in [0.15, 0.2) is 48.8 Å². The number of carbonyl (C=O) groups is 2. The number of aromatic amines is 1. The van der Waals surface area contributed by atoms with Gasteiger partial charge in [0, 0.05) is 47.9 Å². The molecule has 1 amide bonds. The summed E-state index contributed by atoms with van der Waals surface area (Å²) in [5.41, 5.74) is 5.76. The second-order valence-electron chi connectivity index (χ2n) is 8.91. The van der Waals surface area contributed by atoms with Gasteiger partial charge >= 0.3 is 0 Å². The molecular weight excluding hydrogens is 388 g/mol. The Morgan fingerprint density at radius 2 is 1.87 bits per heavy atom. The van der Waals surface area contributed by atoms with Crippen molar-refractivity contribution in [2.45, 2.75) is 46.5 Å². The first kappa shape index (κ1) is 20.8. The number of fused-ring (bicyclic) bond motifs is 1. The molecule has 0 bridgehead atoms. The summed E-state index contributed by atoms with van der Waals surface area (Å²) in [5.74, 6) is 0.131. The number of hydrogen-bond acceptors (Lipinski definition) is 4. The molecule has 2 aromatic heterocycles. The average Bonchev–Trinajstić information content (AvgIpc) is 3.06. The first-order chi connectivity index (χ1) is 14.9. The van der Waals surface area contributed by atoms with E-state index >= 15 is 0 Å². The number of H-pyrrole nitrogens is 1. The molecule has 0 radical (unpaired) electrons. The molecule has 31 heavy (non-hydrogen) atoms. The summed E-state index contributed by atoms with van der Waals surface area (Å²) in [5, 5.41) is 6.39. The summed E-state index contributed by atoms with van der Waals surface area (Å²) < 4.78 is 0. The molecule has 0 saturated carbocycles. The number of nitrogens with zero attached hydrogens (tertiary/aromatic N) is 1. The smallest absolute Gasteiger partial charge is 0.224 e. The van der Waals surface area contributed by atoms with Gasteiger partial charge in [-0.05, 0) is 48.6 Å². The maximum absolute atomic E-state index is 13.1. The molecule has 160 valence electrons. The van der Waals surface area contributed by atoms with Gasteiger partial charge in [-0.1, -0.05) is 26.8 Å². The number of Topliss-reactive ketones (excluding diaryl/α,β-unsaturated/α-hetero) is 1. The van der Waals surface area contributed by atoms with E-state index in [2.05, 4.69) is 34.4 Å². The van der Waals surface area contributed by atoms with Crippen LogP contribution < -0.4 is 10.6 Å². The average molecular weight is 417 g/mol. The topological polar surface area (TPSA) is 86.9 Å². The number of hydrogen-bond donors (Lipinski definition) is 3. The van der Waals surface area contributed by atoms with Gasteiger partial charge in [0.15, 0.2) is 5.78 Å². The third-order valence-corrected chi connectivity index (χ3v) is 5.51. The van der Waals surface area contributed by atoms with Gasteiger partial charge in [-0.15, -0.1) is 0 Å². The van der Waals surface area contributed by atoms with Crippen LogP contribution in [0.25, 0.3) is 11.3 Å². The summed E-state index contributed by atoms with van der Waals surface area (Å²) in [6, 6.07) is 11.4. The lowest BCUT2D eigenvalue weighted by atomic mass is 9.76. The molecular formula is C25H28N4O2. The van der Waals surface area contributed by atoms with Crippen LogP contribution in [0.3, 0.4) is 0 Å². The minimum absolute atomic E-state index is 0.00597. The highest BCUT2D eigenvalue weighted by molar-refractivity contribution is 6.07. The molecule has 1 aliphatic carbocycles. The molecule has 3 N–H and O–H groups in total. The van der Waals surface area contributed by atoms with Crippen LogP contribution >= 0.6 is 0 Å². The number of amides is 1. The number of carbonyl (C=O) groups excluding carboxylic acids is 2. The summed E-state index contributed by atoms with van der Waals surface area (Å²) in [4.78, 5) is 32.7. The third-order valence-electron chi connectivity index (χ3n) is 5.51. The summed E-state index contributed by atoms with van der Waals surface area (Å²) in [7, 11) is 0. The molecule has 0 atom stereocenters. The highest BCUT2D eigenvalue weighted by Gasteiger charge is 2.35. The van der Waals surface area contributed by atoms with Gasteiger partial charge in [0.1, 0.15) is 0 Å². The van der Waals surface area contributed by atoms with E-state index in [-0.39, 0.29) is 17.1 Å². The van der Waals surface area contributed by atoms with E-state index in [4.69, 9.17) is 0 Å². The van der Waals surface area contributed by atoms with Crippen molar-refractivity contribution < 1.29 is 9.59 Å². The SMILES string of the molecule is CCCC(=O)Nc1cccc(Nc2c(-c3ccncc3)[nH]c3c2C(=O)CC(C)(C)C3)c1. The predicted molar refractivity (Wildman–Crippen MR) is 124 cm³/mol. The lowest BCUT2D eigenvalue weighted by molar-refractivity contribution is -0.116. The molecule has 1 aliphatic rings. The van der Waals surface area contributed by atoms with Crippen molar-refractivity contribution in [3.05, 3.63) is 60.0 Å². The Balaban J connectivity index is 1.74. The standard InChI is InChI=1S/C25H28N4O2/c1-4-6-21(31)27-17-7-5-8-18(13-17)28-24-22-19(14-25(2,3)15-20(22)30)29-23(24)16-9-11-26-12-10-16/h5,7-13,28-29H,4,6,14-15H2,1-3H3,(H,27,31). The van der Waals surface area contributed by atoms with Gasteiger partial charge in [0.25, 0.3) is 0 Å². The highest BCUT2D eigenvalue weighted by atomic mass is 16.1. The number of rotatable bonds is 6. The van der Waals surface area contributed by atoms with Crippen LogP contribution in [0, 0.1) is 5.41 Å². The minimum Gasteiger partial charge on any atom is -0.356 e. The van der Waals surface area contributed by atoms with Crippen molar-refractivity contribution in [2.24, 2.45) is 5.41 Å². The zero-order valence-corrected chi connectivity index (χ0v) is 18.2. The maximum Gasteiger partial charge on any atom is 0.224 e. The van der Waals surface area contributed by atoms with E-state index in [1.54, 1.807) is 12.4 Å². The molecule has 0 spiro atoms. The summed E-state index contributed by atoms with van der Waals surface area (Å²) in [6.07, 6.45) is 6.09. The number of nitrogens with one attached hydrogen (secondary N) is 3. The zero-order chi connectivity index (χ0) is 22.0. The summed E-state index contributed by atoms with van der Waals surface area (Å²) >= 11 is 0. The van der Waals surface area contributed by atoms with Gasteiger partial charge in [-0.2, -0.15) is 0 Å². The molecule has 0 saturated heterocycles. The fourth-order valence-corrected chi connectivity index (χ4v) is 4.19. The first-order valence-corrected chi connectivity index (χ1v) is 10.7. The molecule has 4 rings (SSSR count). The van der Waals surface area contributed by atoms with Gasteiger partial charge in [-0.25, -0.2) is 0 Å². The van der Waals surface area contributed by atoms with E-state index in [9.17, 15) is 9.59 Å². The molecule has 1 aromatic carbocycles. The zero-order valence-electron chi connectivity index (χ0n) is 18.2. The van der Waals surface area contributed by atoms with Gasteiger partial charge in [0.05, 0.1) is 16.9 Å². The Morgan fingerprint density at radius 3 is 2.61 bits per heavy atom. The Labute approximate surface area is 182 Å². The van der Waals surface area contributed by atoms with Crippen molar-refractivity contribution in [2.75, 3.05) is 10.6 Å². The number of aromatic nitrogens is 2. The molecule has 0 aliphatic heterocycles. The number of pyridine rings is 1. The first-order valence-electron chi connectivity index (χ1n) is 10.7. The van der Waals surface area contributed by atoms with Crippen LogP contribution in [0.5, 0.6) is 0 Å². The second kappa shape index (κ2) is 8.38. The Bertz CT molecular complexity index is 1120. The monoisotopic (exact) mass is 416 g/mol. The Hall–Kier alpha value is -3.41. The molecule has 0 fully saturated rings. The van der Waals surface area contributed by atoms with Crippen molar-refractivity contribution in [1.29, 1.82) is 0 Å². The normalized spacial score (nSPS) is 14.7. The van der Waals surface area contributed by atoms with Crippen LogP contribution in [0.1, 0.15) is 56.1 Å². The van der Waals surface area contributed by atoms with Crippen molar-refractivity contribution in [3.63, 3.8) is 0 Å². The van der Waals surface area contributed by atoms with Crippen LogP contribution in [-0.2, 0) is 11.2 Å². The van der Waals surface area contributed by atoms with E-state index in [0.29, 0.717) is 12.8 Å². The number of anilines is 3. The molecule has 6 heteroatoms. The second-order valence-corrected chi connectivity index (χ2v) is 8.91. The van der Waals surface area contributed by atoms with Gasteiger partial charge in [0.2, 0.25) is 5.91 Å². The van der Waals surface area contributed by atoms with Crippen LogP contribution in [-0.4, -0.2) is 21.7 Å². The molecule has 0 unspecified atom stereocenters. The minimum atomic E-state index is -0.0782. The van der Waals surface area contributed by atoms with Crippen LogP contribution in [0.4, 0.5) is 17.1 Å². The molecule has 6 nitrogen and oxygen atoms in total.